The predicted molar refractivity (Wildman–Crippen MR) is 65.1 cm³/mol. The first-order valence-corrected chi connectivity index (χ1v) is 6.11. The summed E-state index contributed by atoms with van der Waals surface area (Å²) in [4.78, 5) is 2.38. The molecule has 0 radical (unpaired) electrons. The lowest BCUT2D eigenvalue weighted by atomic mass is 10.2. The van der Waals surface area contributed by atoms with Crippen LogP contribution in [-0.2, 0) is 0 Å². The molecule has 0 spiro atoms. The second kappa shape index (κ2) is 4.13. The van der Waals surface area contributed by atoms with Gasteiger partial charge >= 0.3 is 0 Å². The molecule has 0 unspecified atom stereocenters. The summed E-state index contributed by atoms with van der Waals surface area (Å²) in [5, 5.41) is 0. The number of rotatable bonds is 1. The van der Waals surface area contributed by atoms with Crippen LogP contribution < -0.4 is 10.6 Å². The average molecular weight is 208 g/mol. The Bertz CT molecular complexity index is 319. The first-order chi connectivity index (χ1) is 6.77. The van der Waals surface area contributed by atoms with Crippen molar-refractivity contribution in [2.24, 2.45) is 0 Å². The number of nitrogen functional groups attached to an aromatic ring is 1. The monoisotopic (exact) mass is 208 g/mol. The van der Waals surface area contributed by atoms with Crippen molar-refractivity contribution in [2.45, 2.75) is 6.92 Å². The van der Waals surface area contributed by atoms with Gasteiger partial charge in [0.2, 0.25) is 0 Å². The van der Waals surface area contributed by atoms with Crippen LogP contribution in [0.15, 0.2) is 18.2 Å². The van der Waals surface area contributed by atoms with E-state index in [4.69, 9.17) is 5.73 Å². The summed E-state index contributed by atoms with van der Waals surface area (Å²) < 4.78 is 0. The van der Waals surface area contributed by atoms with Crippen molar-refractivity contribution in [3.63, 3.8) is 0 Å². The summed E-state index contributed by atoms with van der Waals surface area (Å²) in [5.41, 5.74) is 9.36. The van der Waals surface area contributed by atoms with Gasteiger partial charge in [0.15, 0.2) is 0 Å². The zero-order chi connectivity index (χ0) is 9.97. The second-order valence-electron chi connectivity index (χ2n) is 3.66. The molecule has 1 aliphatic rings. The molecular formula is C11H16N2S. The van der Waals surface area contributed by atoms with E-state index in [-0.39, 0.29) is 0 Å². The molecule has 0 aromatic heterocycles. The van der Waals surface area contributed by atoms with Crippen LogP contribution in [0.5, 0.6) is 0 Å². The van der Waals surface area contributed by atoms with E-state index in [1.165, 1.54) is 22.8 Å². The topological polar surface area (TPSA) is 29.3 Å². The van der Waals surface area contributed by atoms with Crippen LogP contribution in [0, 0.1) is 6.92 Å². The lowest BCUT2D eigenvalue weighted by Crippen LogP contribution is -2.32. The van der Waals surface area contributed by atoms with Crippen molar-refractivity contribution in [2.75, 3.05) is 35.2 Å². The normalized spacial score (nSPS) is 17.1. The molecule has 3 heteroatoms. The Kier molecular flexibility index (Phi) is 2.87. The largest absolute Gasteiger partial charge is 0.397 e. The average Bonchev–Trinajstić information content (AvgIpc) is 2.19. The molecule has 1 saturated heterocycles. The molecule has 14 heavy (non-hydrogen) atoms. The molecular weight excluding hydrogens is 192 g/mol. The van der Waals surface area contributed by atoms with Crippen LogP contribution in [0.1, 0.15) is 5.56 Å². The molecule has 0 amide bonds. The van der Waals surface area contributed by atoms with Gasteiger partial charge in [0.25, 0.3) is 0 Å². The first kappa shape index (κ1) is 9.71. The smallest absolute Gasteiger partial charge is 0.0600 e. The molecule has 1 aromatic rings. The highest BCUT2D eigenvalue weighted by molar-refractivity contribution is 7.99. The number of nitrogens with two attached hydrogens (primary N) is 1. The van der Waals surface area contributed by atoms with Crippen molar-refractivity contribution in [1.82, 2.24) is 0 Å². The Morgan fingerprint density at radius 3 is 2.64 bits per heavy atom. The quantitative estimate of drug-likeness (QED) is 0.717. The van der Waals surface area contributed by atoms with Gasteiger partial charge in [-0.3, -0.25) is 0 Å². The Morgan fingerprint density at radius 1 is 1.29 bits per heavy atom. The van der Waals surface area contributed by atoms with Crippen molar-refractivity contribution in [1.29, 1.82) is 0 Å². The minimum atomic E-state index is 0.914. The number of benzene rings is 1. The first-order valence-electron chi connectivity index (χ1n) is 4.96. The number of hydrogen-bond acceptors (Lipinski definition) is 3. The Hall–Kier alpha value is -0.830. The van der Waals surface area contributed by atoms with Crippen LogP contribution in [0.4, 0.5) is 11.4 Å². The van der Waals surface area contributed by atoms with Crippen LogP contribution >= 0.6 is 11.8 Å². The molecule has 1 fully saturated rings. The van der Waals surface area contributed by atoms with Gasteiger partial charge in [-0.15, -0.1) is 0 Å². The third-order valence-electron chi connectivity index (χ3n) is 2.53. The molecule has 2 nitrogen and oxygen atoms in total. The van der Waals surface area contributed by atoms with Gasteiger partial charge in [-0.25, -0.2) is 0 Å². The molecule has 1 heterocycles. The van der Waals surface area contributed by atoms with Gasteiger partial charge in [-0.1, -0.05) is 6.07 Å². The standard InChI is InChI=1S/C11H16N2S/c1-9-2-3-11(10(12)8-9)13-4-6-14-7-5-13/h2-3,8H,4-7,12H2,1H3. The zero-order valence-electron chi connectivity index (χ0n) is 8.49. The number of thioether (sulfide) groups is 1. The second-order valence-corrected chi connectivity index (χ2v) is 4.89. The highest BCUT2D eigenvalue weighted by atomic mass is 32.2. The summed E-state index contributed by atoms with van der Waals surface area (Å²) in [7, 11) is 0. The van der Waals surface area contributed by atoms with E-state index in [1.807, 2.05) is 11.8 Å². The van der Waals surface area contributed by atoms with Gasteiger partial charge in [0, 0.05) is 24.6 Å². The molecule has 2 N–H and O–H groups in total. The van der Waals surface area contributed by atoms with Crippen molar-refractivity contribution >= 4 is 23.1 Å². The Labute approximate surface area is 89.5 Å². The lowest BCUT2D eigenvalue weighted by Gasteiger charge is -2.29. The van der Waals surface area contributed by atoms with E-state index in [0.717, 1.165) is 18.8 Å². The number of hydrogen-bond donors (Lipinski definition) is 1. The summed E-state index contributed by atoms with van der Waals surface area (Å²) in [6.45, 7) is 4.32. The van der Waals surface area contributed by atoms with Gasteiger partial charge in [-0.2, -0.15) is 11.8 Å². The van der Waals surface area contributed by atoms with E-state index < -0.39 is 0 Å². The fraction of sp³-hybridized carbons (Fsp3) is 0.455. The van der Waals surface area contributed by atoms with Gasteiger partial charge in [0.05, 0.1) is 11.4 Å². The third-order valence-corrected chi connectivity index (χ3v) is 3.48. The van der Waals surface area contributed by atoms with Crippen LogP contribution in [0.25, 0.3) is 0 Å². The number of nitrogens with zero attached hydrogens (tertiary/aromatic N) is 1. The van der Waals surface area contributed by atoms with E-state index in [1.54, 1.807) is 0 Å². The number of anilines is 2. The summed E-state index contributed by atoms with van der Waals surface area (Å²) >= 11 is 2.02. The van der Waals surface area contributed by atoms with E-state index >= 15 is 0 Å². The van der Waals surface area contributed by atoms with Crippen LogP contribution in [0.2, 0.25) is 0 Å². The van der Waals surface area contributed by atoms with Crippen molar-refractivity contribution in [3.8, 4) is 0 Å². The Morgan fingerprint density at radius 2 is 2.00 bits per heavy atom. The molecule has 1 aromatic carbocycles. The maximum absolute atomic E-state index is 6.00. The maximum Gasteiger partial charge on any atom is 0.0600 e. The highest BCUT2D eigenvalue weighted by Gasteiger charge is 2.12. The minimum absolute atomic E-state index is 0.914. The van der Waals surface area contributed by atoms with Crippen molar-refractivity contribution in [3.05, 3.63) is 23.8 Å². The fourth-order valence-corrected chi connectivity index (χ4v) is 2.67. The summed E-state index contributed by atoms with van der Waals surface area (Å²) in [6.07, 6.45) is 0. The third kappa shape index (κ3) is 1.98. The molecule has 76 valence electrons. The van der Waals surface area contributed by atoms with Gasteiger partial charge < -0.3 is 10.6 Å². The molecule has 0 aliphatic carbocycles. The fourth-order valence-electron chi connectivity index (χ4n) is 1.77. The summed E-state index contributed by atoms with van der Waals surface area (Å²) in [5.74, 6) is 2.43. The molecule has 0 saturated carbocycles. The SMILES string of the molecule is Cc1ccc(N2CCSCC2)c(N)c1. The van der Waals surface area contributed by atoms with Gasteiger partial charge in [-0.05, 0) is 24.6 Å². The lowest BCUT2D eigenvalue weighted by molar-refractivity contribution is 0.860. The minimum Gasteiger partial charge on any atom is -0.397 e. The van der Waals surface area contributed by atoms with E-state index in [0.29, 0.717) is 0 Å². The molecule has 0 atom stereocenters. The molecule has 0 bridgehead atoms. The zero-order valence-corrected chi connectivity index (χ0v) is 9.31. The van der Waals surface area contributed by atoms with Crippen LogP contribution in [0.3, 0.4) is 0 Å². The number of aryl methyl sites for hydroxylation is 1. The maximum atomic E-state index is 6.00. The van der Waals surface area contributed by atoms with Crippen molar-refractivity contribution < 1.29 is 0 Å². The Balaban J connectivity index is 2.22. The van der Waals surface area contributed by atoms with E-state index in [2.05, 4.69) is 30.0 Å². The van der Waals surface area contributed by atoms with E-state index in [9.17, 15) is 0 Å². The van der Waals surface area contributed by atoms with Gasteiger partial charge in [0.1, 0.15) is 0 Å². The highest BCUT2D eigenvalue weighted by Crippen LogP contribution is 2.26. The van der Waals surface area contributed by atoms with Crippen LogP contribution in [-0.4, -0.2) is 24.6 Å². The summed E-state index contributed by atoms with van der Waals surface area (Å²) in [6, 6.07) is 6.32. The molecule has 1 aliphatic heterocycles. The predicted octanol–water partition coefficient (Wildman–Crippen LogP) is 2.13. The molecule has 2 rings (SSSR count).